The Kier molecular flexibility index (Phi) is 7.22. The average molecular weight is 271 g/mol. The van der Waals surface area contributed by atoms with E-state index in [4.69, 9.17) is 9.05 Å². The van der Waals surface area contributed by atoms with Crippen LogP contribution in [0.25, 0.3) is 0 Å². The molecule has 0 aliphatic heterocycles. The van der Waals surface area contributed by atoms with Crippen molar-refractivity contribution in [1.82, 2.24) is 4.90 Å². The molecule has 0 aromatic rings. The van der Waals surface area contributed by atoms with Gasteiger partial charge in [-0.3, -0.25) is 9.46 Å². The highest BCUT2D eigenvalue weighted by atomic mass is 32.3. The zero-order valence-electron chi connectivity index (χ0n) is 11.4. The van der Waals surface area contributed by atoms with Crippen LogP contribution in [0, 0.1) is 0 Å². The predicted molar refractivity (Wildman–Crippen MR) is 73.7 cm³/mol. The van der Waals surface area contributed by atoms with Crippen LogP contribution in [0.1, 0.15) is 13.8 Å². The van der Waals surface area contributed by atoms with Crippen LogP contribution in [-0.2, 0) is 13.6 Å². The van der Waals surface area contributed by atoms with E-state index in [1.54, 1.807) is 0 Å². The van der Waals surface area contributed by atoms with Crippen LogP contribution in [0.4, 0.5) is 0 Å². The molecule has 100 valence electrons. The Morgan fingerprint density at radius 1 is 1.12 bits per heavy atom. The summed E-state index contributed by atoms with van der Waals surface area (Å²) >= 11 is 0. The van der Waals surface area contributed by atoms with Crippen molar-refractivity contribution < 1.29 is 13.6 Å². The van der Waals surface area contributed by atoms with Gasteiger partial charge in [0.25, 0.3) is 0 Å². The van der Waals surface area contributed by atoms with Crippen molar-refractivity contribution in [3.8, 4) is 0 Å². The summed E-state index contributed by atoms with van der Waals surface area (Å²) in [5, 5.41) is 0. The highest BCUT2D eigenvalue weighted by Gasteiger charge is 2.26. The molecule has 0 fully saturated rings. The molecule has 0 aromatic carbocycles. The van der Waals surface area contributed by atoms with Crippen molar-refractivity contribution in [2.75, 3.05) is 51.2 Å². The summed E-state index contributed by atoms with van der Waals surface area (Å²) in [5.41, 5.74) is 0. The Morgan fingerprint density at radius 2 is 1.56 bits per heavy atom. The molecular formula is C10H26NO3PS. The van der Waals surface area contributed by atoms with Crippen LogP contribution < -0.4 is 0 Å². The molecule has 0 radical (unpaired) electrons. The fourth-order valence-electron chi connectivity index (χ4n) is 1.51. The van der Waals surface area contributed by atoms with Gasteiger partial charge in [-0.25, -0.2) is 10.0 Å². The maximum Gasteiger partial charge on any atom is 0.344 e. The molecule has 16 heavy (non-hydrogen) atoms. The monoisotopic (exact) mass is 271 g/mol. The van der Waals surface area contributed by atoms with E-state index < -0.39 is 17.6 Å². The molecule has 0 saturated heterocycles. The summed E-state index contributed by atoms with van der Waals surface area (Å²) in [5.74, 6) is 0.942. The summed E-state index contributed by atoms with van der Waals surface area (Å²) < 4.78 is 22.7. The second-order valence-corrected chi connectivity index (χ2v) is 11.1. The van der Waals surface area contributed by atoms with Gasteiger partial charge in [0.15, 0.2) is 0 Å². The predicted octanol–water partition coefficient (Wildman–Crippen LogP) is 2.79. The minimum atomic E-state index is -2.92. The van der Waals surface area contributed by atoms with Gasteiger partial charge in [-0.15, -0.1) is 0 Å². The van der Waals surface area contributed by atoms with Gasteiger partial charge in [0.2, 0.25) is 0 Å². The lowest BCUT2D eigenvalue weighted by Crippen LogP contribution is -2.25. The Morgan fingerprint density at radius 3 is 1.88 bits per heavy atom. The van der Waals surface area contributed by atoms with Gasteiger partial charge in [-0.2, -0.15) is 0 Å². The van der Waals surface area contributed by atoms with Gasteiger partial charge < -0.3 is 9.05 Å². The molecule has 0 heterocycles. The topological polar surface area (TPSA) is 38.8 Å². The van der Waals surface area contributed by atoms with E-state index in [2.05, 4.69) is 18.8 Å². The van der Waals surface area contributed by atoms with E-state index in [1.165, 1.54) is 0 Å². The van der Waals surface area contributed by atoms with Gasteiger partial charge in [0.05, 0.1) is 13.2 Å². The molecule has 0 rings (SSSR count). The van der Waals surface area contributed by atoms with E-state index in [0.717, 1.165) is 5.88 Å². The summed E-state index contributed by atoms with van der Waals surface area (Å²) in [6.07, 6.45) is 7.07. The lowest BCUT2D eigenvalue weighted by molar-refractivity contribution is 0.207. The van der Waals surface area contributed by atoms with Gasteiger partial charge in [0.1, 0.15) is 6.29 Å². The van der Waals surface area contributed by atoms with Crippen molar-refractivity contribution in [3.63, 3.8) is 0 Å². The molecular weight excluding hydrogens is 245 g/mol. The number of nitrogens with zero attached hydrogens (tertiary/aromatic N) is 1. The smallest absolute Gasteiger partial charge is 0.308 e. The average Bonchev–Trinajstić information content (AvgIpc) is 1.99. The highest BCUT2D eigenvalue weighted by Crippen LogP contribution is 2.49. The quantitative estimate of drug-likeness (QED) is 0.636. The Balaban J connectivity index is 4.34. The standard InChI is InChI=1S/C10H26NO3PS/c1-7-13-15(12,14-8-2)9-11(3)10-16(4,5)6/h7-10H2,1-6H3. The van der Waals surface area contributed by atoms with Gasteiger partial charge >= 0.3 is 7.60 Å². The largest absolute Gasteiger partial charge is 0.344 e. The summed E-state index contributed by atoms with van der Waals surface area (Å²) in [6, 6.07) is 0. The van der Waals surface area contributed by atoms with E-state index in [0.29, 0.717) is 19.5 Å². The first-order valence-electron chi connectivity index (χ1n) is 5.45. The van der Waals surface area contributed by atoms with E-state index in [9.17, 15) is 4.57 Å². The third-order valence-corrected chi connectivity index (χ3v) is 5.02. The molecule has 0 saturated carbocycles. The molecule has 0 bridgehead atoms. The van der Waals surface area contributed by atoms with Crippen molar-refractivity contribution in [3.05, 3.63) is 0 Å². The molecule has 0 spiro atoms. The Bertz CT molecular complexity index is 233. The molecule has 0 aromatic heterocycles. The summed E-state index contributed by atoms with van der Waals surface area (Å²) in [4.78, 5) is 2.04. The van der Waals surface area contributed by atoms with E-state index in [-0.39, 0.29) is 0 Å². The molecule has 0 N–H and O–H groups in total. The maximum atomic E-state index is 12.2. The summed E-state index contributed by atoms with van der Waals surface area (Å²) in [7, 11) is -1.59. The normalized spacial score (nSPS) is 14.4. The van der Waals surface area contributed by atoms with Crippen molar-refractivity contribution in [1.29, 1.82) is 0 Å². The lowest BCUT2D eigenvalue weighted by Gasteiger charge is -2.32. The number of rotatable bonds is 8. The molecule has 0 aliphatic carbocycles. The Hall–Kier alpha value is 0.460. The first-order valence-corrected chi connectivity index (χ1v) is 10.2. The molecule has 6 heteroatoms. The first-order chi connectivity index (χ1) is 7.22. The van der Waals surface area contributed by atoms with Crippen LogP contribution >= 0.6 is 17.6 Å². The molecule has 0 amide bonds. The van der Waals surface area contributed by atoms with Crippen molar-refractivity contribution in [2.24, 2.45) is 0 Å². The lowest BCUT2D eigenvalue weighted by atomic mass is 10.9. The molecule has 4 nitrogen and oxygen atoms in total. The fourth-order valence-corrected chi connectivity index (χ4v) is 4.77. The van der Waals surface area contributed by atoms with E-state index >= 15 is 0 Å². The van der Waals surface area contributed by atoms with Crippen molar-refractivity contribution >= 4 is 17.6 Å². The zero-order valence-corrected chi connectivity index (χ0v) is 13.1. The molecule has 0 atom stereocenters. The first kappa shape index (κ1) is 16.5. The van der Waals surface area contributed by atoms with Crippen LogP contribution in [0.15, 0.2) is 0 Å². The fraction of sp³-hybridized carbons (Fsp3) is 1.00. The Labute approximate surface area is 102 Å². The van der Waals surface area contributed by atoms with E-state index in [1.807, 2.05) is 25.8 Å². The minimum absolute atomic E-state index is 0.374. The maximum absolute atomic E-state index is 12.2. The van der Waals surface area contributed by atoms with Crippen LogP contribution in [0.5, 0.6) is 0 Å². The van der Waals surface area contributed by atoms with Gasteiger partial charge in [0, 0.05) is 5.88 Å². The third kappa shape index (κ3) is 7.69. The second kappa shape index (κ2) is 7.02. The second-order valence-electron chi connectivity index (χ2n) is 4.66. The number of hydrogen-bond donors (Lipinski definition) is 0. The zero-order chi connectivity index (χ0) is 12.8. The van der Waals surface area contributed by atoms with Gasteiger partial charge in [-0.05, 0) is 39.7 Å². The highest BCUT2D eigenvalue weighted by molar-refractivity contribution is 8.32. The molecule has 0 unspecified atom stereocenters. The van der Waals surface area contributed by atoms with Crippen molar-refractivity contribution in [2.45, 2.75) is 13.8 Å². The van der Waals surface area contributed by atoms with Crippen LogP contribution in [-0.4, -0.2) is 56.1 Å². The number of hydrogen-bond acceptors (Lipinski definition) is 4. The third-order valence-electron chi connectivity index (χ3n) is 1.67. The van der Waals surface area contributed by atoms with Gasteiger partial charge in [-0.1, -0.05) is 0 Å². The summed E-state index contributed by atoms with van der Waals surface area (Å²) in [6.45, 7) is 4.52. The SMILES string of the molecule is CCOP(=O)(CN(C)CS(C)(C)C)OCC. The minimum Gasteiger partial charge on any atom is -0.308 e. The molecule has 0 aliphatic rings. The van der Waals surface area contributed by atoms with Crippen LogP contribution in [0.3, 0.4) is 0 Å². The van der Waals surface area contributed by atoms with Crippen LogP contribution in [0.2, 0.25) is 0 Å².